The molecule has 9 heteroatoms. The van der Waals surface area contributed by atoms with Crippen molar-refractivity contribution in [2.24, 2.45) is 39.9 Å². The number of rotatable bonds is 6. The maximum atomic E-state index is 13.4. The van der Waals surface area contributed by atoms with Crippen LogP contribution in [0.4, 0.5) is 0 Å². The molecule has 0 amide bonds. The summed E-state index contributed by atoms with van der Waals surface area (Å²) in [6.45, 7) is 14.0. The maximum Gasteiger partial charge on any atom is 0.333 e. The third-order valence-electron chi connectivity index (χ3n) is 12.0. The van der Waals surface area contributed by atoms with Gasteiger partial charge in [0, 0.05) is 59.0 Å². The third-order valence-corrected chi connectivity index (χ3v) is 12.0. The number of carbonyl (C=O) groups excluding carboxylic acids is 3. The average molecular weight is 597 g/mol. The molecule has 0 radical (unpaired) electrons. The monoisotopic (exact) mass is 596 g/mol. The van der Waals surface area contributed by atoms with Gasteiger partial charge in [0.05, 0.1) is 44.6 Å². The van der Waals surface area contributed by atoms with Gasteiger partial charge in [0.1, 0.15) is 12.2 Å². The van der Waals surface area contributed by atoms with E-state index in [-0.39, 0.29) is 54.4 Å². The number of carbonyl (C=O) groups is 3. The van der Waals surface area contributed by atoms with Crippen LogP contribution in [-0.2, 0) is 38.1 Å². The average Bonchev–Trinajstić information content (AvgIpc) is 3.74. The first-order chi connectivity index (χ1) is 20.3. The van der Waals surface area contributed by atoms with Gasteiger partial charge in [0.15, 0.2) is 0 Å². The highest BCUT2D eigenvalue weighted by Gasteiger charge is 2.79. The second-order valence-electron chi connectivity index (χ2n) is 14.0. The van der Waals surface area contributed by atoms with Crippen molar-refractivity contribution >= 4 is 23.5 Å². The Morgan fingerprint density at radius 1 is 1.09 bits per heavy atom. The lowest BCUT2D eigenvalue weighted by Gasteiger charge is -2.66. The fourth-order valence-corrected chi connectivity index (χ4v) is 10.1. The van der Waals surface area contributed by atoms with E-state index in [1.165, 1.54) is 14.0 Å². The summed E-state index contributed by atoms with van der Waals surface area (Å²) in [4.78, 5) is 39.1. The van der Waals surface area contributed by atoms with Crippen LogP contribution in [0.25, 0.3) is 5.57 Å². The van der Waals surface area contributed by atoms with Crippen LogP contribution in [0.3, 0.4) is 0 Å². The Balaban J connectivity index is 1.53. The molecule has 0 N–H and O–H groups in total. The molecule has 3 aliphatic carbocycles. The minimum Gasteiger partial charge on any atom is -0.472 e. The molecule has 4 fully saturated rings. The first kappa shape index (κ1) is 30.1. The zero-order valence-electron chi connectivity index (χ0n) is 26.4. The van der Waals surface area contributed by atoms with Gasteiger partial charge >= 0.3 is 17.9 Å². The Bertz CT molecular complexity index is 1360. The second-order valence-corrected chi connectivity index (χ2v) is 14.0. The van der Waals surface area contributed by atoms with Gasteiger partial charge in [-0.2, -0.15) is 0 Å². The molecule has 1 aromatic rings. The van der Waals surface area contributed by atoms with Crippen molar-refractivity contribution < 1.29 is 42.5 Å². The fourth-order valence-electron chi connectivity index (χ4n) is 10.1. The van der Waals surface area contributed by atoms with Crippen LogP contribution in [0.15, 0.2) is 40.7 Å². The third kappa shape index (κ3) is 4.13. The normalized spacial score (nSPS) is 44.6. The van der Waals surface area contributed by atoms with Crippen molar-refractivity contribution in [2.45, 2.75) is 91.8 Å². The van der Waals surface area contributed by atoms with Crippen molar-refractivity contribution in [1.82, 2.24) is 0 Å². The summed E-state index contributed by atoms with van der Waals surface area (Å²) in [5.41, 5.74) is 0.692. The van der Waals surface area contributed by atoms with E-state index in [4.69, 9.17) is 28.1 Å². The van der Waals surface area contributed by atoms with E-state index in [9.17, 15) is 14.4 Å². The van der Waals surface area contributed by atoms with E-state index >= 15 is 0 Å². The maximum absolute atomic E-state index is 13.4. The fraction of sp³-hybridized carbons (Fsp3) is 0.676. The molecular weight excluding hydrogens is 552 g/mol. The van der Waals surface area contributed by atoms with Crippen LogP contribution in [0.1, 0.15) is 66.9 Å². The van der Waals surface area contributed by atoms with E-state index in [1.54, 1.807) is 32.4 Å². The van der Waals surface area contributed by atoms with E-state index in [0.717, 1.165) is 11.1 Å². The quantitative estimate of drug-likeness (QED) is 0.251. The van der Waals surface area contributed by atoms with Crippen LogP contribution in [-0.4, -0.2) is 62.1 Å². The van der Waals surface area contributed by atoms with E-state index in [1.807, 2.05) is 6.07 Å². The number of ether oxygens (including phenoxy) is 5. The molecule has 6 rings (SSSR count). The van der Waals surface area contributed by atoms with Gasteiger partial charge in [-0.15, -0.1) is 0 Å². The molecule has 0 bridgehead atoms. The molecule has 12 atom stereocenters. The highest BCUT2D eigenvalue weighted by Crippen LogP contribution is 2.74. The Hall–Kier alpha value is -2.91. The molecule has 1 aromatic heterocycles. The molecule has 3 heterocycles. The minimum absolute atomic E-state index is 0.0325. The summed E-state index contributed by atoms with van der Waals surface area (Å²) >= 11 is 0. The highest BCUT2D eigenvalue weighted by atomic mass is 16.6. The number of hydrogen-bond donors (Lipinski definition) is 0. The van der Waals surface area contributed by atoms with Crippen molar-refractivity contribution in [2.75, 3.05) is 13.7 Å². The lowest BCUT2D eigenvalue weighted by atomic mass is 9.39. The van der Waals surface area contributed by atoms with Crippen LogP contribution >= 0.6 is 0 Å². The van der Waals surface area contributed by atoms with Gasteiger partial charge in [-0.1, -0.05) is 39.8 Å². The molecule has 2 saturated heterocycles. The van der Waals surface area contributed by atoms with Gasteiger partial charge in [-0.05, 0) is 37.3 Å². The Kier molecular flexibility index (Phi) is 7.24. The summed E-state index contributed by atoms with van der Waals surface area (Å²) in [6.07, 6.45) is 5.72. The molecule has 0 spiro atoms. The number of methoxy groups -OCH3 is 1. The topological polar surface area (TPSA) is 111 Å². The van der Waals surface area contributed by atoms with Crippen LogP contribution in [0, 0.1) is 39.9 Å². The van der Waals surface area contributed by atoms with Crippen molar-refractivity contribution in [3.8, 4) is 0 Å². The molecule has 2 saturated carbocycles. The number of fused-ring (bicyclic) bond motifs is 4. The summed E-state index contributed by atoms with van der Waals surface area (Å²) in [5.74, 6) is -1.49. The van der Waals surface area contributed by atoms with Crippen LogP contribution in [0.5, 0.6) is 0 Å². The van der Waals surface area contributed by atoms with Gasteiger partial charge in [-0.3, -0.25) is 9.59 Å². The largest absolute Gasteiger partial charge is 0.472 e. The lowest BCUT2D eigenvalue weighted by molar-refractivity contribution is -0.257. The molecule has 43 heavy (non-hydrogen) atoms. The molecule has 2 aliphatic heterocycles. The molecular formula is C34H44O9. The SMILES string of the molecule is C/C=C(\C)C(=O)O[C@H]1C[C@@H](OC(C)=O)[C@@]2(C)CO[C@H]3[C@H]4O[C@@H]5C(c6ccoc6)=CC(C)[C@@H]5[C@@]4(C)[C@H](CC(=O)OC)[C@]1(C)[C@@H]32. The first-order valence-corrected chi connectivity index (χ1v) is 15.4. The van der Waals surface area contributed by atoms with Crippen molar-refractivity contribution in [1.29, 1.82) is 0 Å². The molecule has 9 nitrogen and oxygen atoms in total. The molecule has 0 aromatic carbocycles. The second kappa shape index (κ2) is 10.3. The van der Waals surface area contributed by atoms with Crippen molar-refractivity contribution in [3.05, 3.63) is 41.9 Å². The van der Waals surface area contributed by atoms with Gasteiger partial charge < -0.3 is 28.1 Å². The number of allylic oxidation sites excluding steroid dienone is 2. The summed E-state index contributed by atoms with van der Waals surface area (Å²) < 4.78 is 36.9. The van der Waals surface area contributed by atoms with E-state index in [2.05, 4.69) is 33.8 Å². The standard InChI is InChI=1S/C34H44O9/c1-9-17(2)31(37)42-24-14-23(41-19(4)35)32(5)16-40-28-29(32)33(24,6)22(13-25(36)38-8)34(7)26-18(3)12-21(20-10-11-39-15-20)27(26)43-30(28)34/h9-12,15,18,22-24,26-30H,13-14,16H2,1-8H3/b17-9+/t18?,22-,23-,24+,26+,27-,28-,29+,30-,32-,33+,34-/m1/s1. The number of furan rings is 1. The minimum atomic E-state index is -0.730. The predicted octanol–water partition coefficient (Wildman–Crippen LogP) is 5.14. The van der Waals surface area contributed by atoms with Crippen LogP contribution < -0.4 is 0 Å². The number of hydrogen-bond acceptors (Lipinski definition) is 9. The Morgan fingerprint density at radius 3 is 2.47 bits per heavy atom. The van der Waals surface area contributed by atoms with Gasteiger partial charge in [0.25, 0.3) is 0 Å². The van der Waals surface area contributed by atoms with Crippen LogP contribution in [0.2, 0.25) is 0 Å². The lowest BCUT2D eigenvalue weighted by Crippen LogP contribution is -2.71. The Morgan fingerprint density at radius 2 is 1.84 bits per heavy atom. The molecule has 1 unspecified atom stereocenters. The highest BCUT2D eigenvalue weighted by molar-refractivity contribution is 5.87. The van der Waals surface area contributed by atoms with E-state index < -0.39 is 40.4 Å². The zero-order chi connectivity index (χ0) is 31.1. The van der Waals surface area contributed by atoms with Gasteiger partial charge in [-0.25, -0.2) is 4.79 Å². The summed E-state index contributed by atoms with van der Waals surface area (Å²) in [6, 6.07) is 1.95. The van der Waals surface area contributed by atoms with Gasteiger partial charge in [0.2, 0.25) is 0 Å². The first-order valence-electron chi connectivity index (χ1n) is 15.4. The smallest absolute Gasteiger partial charge is 0.333 e. The number of esters is 3. The Labute approximate surface area is 253 Å². The predicted molar refractivity (Wildman–Crippen MR) is 155 cm³/mol. The summed E-state index contributed by atoms with van der Waals surface area (Å²) in [5, 5.41) is 0. The van der Waals surface area contributed by atoms with Crippen molar-refractivity contribution in [3.63, 3.8) is 0 Å². The molecule has 5 aliphatic rings. The molecule has 234 valence electrons. The summed E-state index contributed by atoms with van der Waals surface area (Å²) in [7, 11) is 1.41. The zero-order valence-corrected chi connectivity index (χ0v) is 26.4. The van der Waals surface area contributed by atoms with E-state index in [0.29, 0.717) is 18.6 Å².